The number of aromatic nitrogens is 3. The first-order chi connectivity index (χ1) is 15.9. The molecule has 0 saturated heterocycles. The highest BCUT2D eigenvalue weighted by atomic mass is 35.5. The van der Waals surface area contributed by atoms with Crippen molar-refractivity contribution < 1.29 is 9.53 Å². The van der Waals surface area contributed by atoms with Gasteiger partial charge < -0.3 is 14.6 Å². The molecule has 1 atom stereocenters. The molecule has 1 unspecified atom stereocenters. The summed E-state index contributed by atoms with van der Waals surface area (Å²) in [4.78, 5) is 29.2. The molecule has 1 N–H and O–H groups in total. The number of halogens is 2. The molecule has 1 amide bonds. The van der Waals surface area contributed by atoms with Crippen LogP contribution in [-0.4, -0.2) is 46.6 Å². The average molecular weight is 482 g/mol. The van der Waals surface area contributed by atoms with Gasteiger partial charge in [0.25, 0.3) is 0 Å². The summed E-state index contributed by atoms with van der Waals surface area (Å²) in [6.07, 6.45) is 3.71. The third-order valence-corrected chi connectivity index (χ3v) is 6.20. The highest BCUT2D eigenvalue weighted by Crippen LogP contribution is 2.39. The van der Waals surface area contributed by atoms with Crippen LogP contribution in [0.4, 0.5) is 10.7 Å². The minimum absolute atomic E-state index is 0.427. The van der Waals surface area contributed by atoms with E-state index in [-0.39, 0.29) is 0 Å². The molecule has 0 bridgehead atoms. The maximum Gasteiger partial charge on any atom is 0.416 e. The van der Waals surface area contributed by atoms with Crippen LogP contribution in [0.2, 0.25) is 10.0 Å². The number of benzene rings is 2. The van der Waals surface area contributed by atoms with Crippen LogP contribution in [0.25, 0.3) is 10.9 Å². The quantitative estimate of drug-likeness (QED) is 0.419. The van der Waals surface area contributed by atoms with E-state index in [9.17, 15) is 4.79 Å². The van der Waals surface area contributed by atoms with Gasteiger partial charge in [0.15, 0.2) is 0 Å². The SMILES string of the molecule is CN(C)c1ncc(C2c3[nH]c4ccc(Cl)cc4c3CCN2C(=O)Oc2ccc(Cl)cc2)cn1. The van der Waals surface area contributed by atoms with Crippen molar-refractivity contribution >= 4 is 46.1 Å². The number of anilines is 1. The third kappa shape index (κ3) is 4.10. The van der Waals surface area contributed by atoms with E-state index in [1.165, 1.54) is 0 Å². The van der Waals surface area contributed by atoms with E-state index in [0.29, 0.717) is 34.7 Å². The lowest BCUT2D eigenvalue weighted by Gasteiger charge is -2.35. The Labute approximate surface area is 200 Å². The largest absolute Gasteiger partial charge is 0.416 e. The molecule has 2 aromatic heterocycles. The average Bonchev–Trinajstić information content (AvgIpc) is 3.17. The third-order valence-electron chi connectivity index (χ3n) is 5.72. The maximum atomic E-state index is 13.3. The molecule has 33 heavy (non-hydrogen) atoms. The molecule has 7 nitrogen and oxygen atoms in total. The Morgan fingerprint density at radius 3 is 2.48 bits per heavy atom. The summed E-state index contributed by atoms with van der Waals surface area (Å²) in [5.74, 6) is 1.02. The van der Waals surface area contributed by atoms with Gasteiger partial charge in [-0.2, -0.15) is 0 Å². The van der Waals surface area contributed by atoms with Crippen molar-refractivity contribution in [1.29, 1.82) is 0 Å². The number of aromatic amines is 1. The van der Waals surface area contributed by atoms with E-state index in [0.717, 1.165) is 27.7 Å². The molecule has 5 rings (SSSR count). The normalized spacial score (nSPS) is 15.4. The minimum Gasteiger partial charge on any atom is -0.410 e. The van der Waals surface area contributed by atoms with Gasteiger partial charge in [-0.3, -0.25) is 4.90 Å². The van der Waals surface area contributed by atoms with E-state index in [4.69, 9.17) is 27.9 Å². The lowest BCUT2D eigenvalue weighted by Crippen LogP contribution is -2.42. The predicted octanol–water partition coefficient (Wildman–Crippen LogP) is 5.48. The van der Waals surface area contributed by atoms with E-state index >= 15 is 0 Å². The Hall–Kier alpha value is -3.29. The Bertz CT molecular complexity index is 1320. The van der Waals surface area contributed by atoms with Gasteiger partial charge in [-0.25, -0.2) is 14.8 Å². The fourth-order valence-electron chi connectivity index (χ4n) is 4.17. The summed E-state index contributed by atoms with van der Waals surface area (Å²) in [5, 5.41) is 2.30. The summed E-state index contributed by atoms with van der Waals surface area (Å²) in [7, 11) is 3.76. The first-order valence-corrected chi connectivity index (χ1v) is 11.2. The molecular weight excluding hydrogens is 461 g/mol. The Kier molecular flexibility index (Phi) is 5.60. The number of nitrogens with zero attached hydrogens (tertiary/aromatic N) is 4. The zero-order valence-corrected chi connectivity index (χ0v) is 19.6. The van der Waals surface area contributed by atoms with Crippen LogP contribution >= 0.6 is 23.2 Å². The van der Waals surface area contributed by atoms with Crippen LogP contribution in [0.5, 0.6) is 5.75 Å². The highest BCUT2D eigenvalue weighted by molar-refractivity contribution is 6.31. The lowest BCUT2D eigenvalue weighted by molar-refractivity contribution is 0.135. The van der Waals surface area contributed by atoms with Gasteiger partial charge in [0, 0.05) is 65.2 Å². The molecule has 2 aromatic carbocycles. The minimum atomic E-state index is -0.457. The van der Waals surface area contributed by atoms with Gasteiger partial charge in [-0.05, 0) is 54.4 Å². The molecule has 3 heterocycles. The fraction of sp³-hybridized carbons (Fsp3) is 0.208. The lowest BCUT2D eigenvalue weighted by atomic mass is 9.94. The molecule has 0 fully saturated rings. The second-order valence-electron chi connectivity index (χ2n) is 8.09. The van der Waals surface area contributed by atoms with Crippen LogP contribution in [-0.2, 0) is 6.42 Å². The van der Waals surface area contributed by atoms with Crippen molar-refractivity contribution in [3.63, 3.8) is 0 Å². The van der Waals surface area contributed by atoms with E-state index in [1.54, 1.807) is 41.6 Å². The first kappa shape index (κ1) is 21.6. The van der Waals surface area contributed by atoms with Crippen LogP contribution in [0.15, 0.2) is 54.9 Å². The second kappa shape index (κ2) is 8.57. The van der Waals surface area contributed by atoms with Gasteiger partial charge in [0.2, 0.25) is 5.95 Å². The van der Waals surface area contributed by atoms with Crippen molar-refractivity contribution in [3.8, 4) is 5.75 Å². The predicted molar refractivity (Wildman–Crippen MR) is 129 cm³/mol. The summed E-state index contributed by atoms with van der Waals surface area (Å²) in [6.45, 7) is 0.471. The molecule has 9 heteroatoms. The van der Waals surface area contributed by atoms with E-state index < -0.39 is 12.1 Å². The Morgan fingerprint density at radius 1 is 1.09 bits per heavy atom. The van der Waals surface area contributed by atoms with Gasteiger partial charge in [0.1, 0.15) is 11.8 Å². The van der Waals surface area contributed by atoms with Crippen molar-refractivity contribution in [2.75, 3.05) is 25.5 Å². The zero-order chi connectivity index (χ0) is 23.1. The maximum absolute atomic E-state index is 13.3. The van der Waals surface area contributed by atoms with Crippen LogP contribution in [0, 0.1) is 0 Å². The molecule has 0 saturated carbocycles. The number of hydrogen-bond acceptors (Lipinski definition) is 5. The zero-order valence-electron chi connectivity index (χ0n) is 18.0. The molecule has 1 aliphatic heterocycles. The fourth-order valence-corrected chi connectivity index (χ4v) is 4.47. The molecule has 0 aliphatic carbocycles. The van der Waals surface area contributed by atoms with Crippen molar-refractivity contribution in [3.05, 3.63) is 81.7 Å². The number of H-pyrrole nitrogens is 1. The van der Waals surface area contributed by atoms with Crippen LogP contribution in [0.1, 0.15) is 22.9 Å². The number of ether oxygens (including phenoxy) is 1. The monoisotopic (exact) mass is 481 g/mol. The number of carbonyl (C=O) groups is 1. The number of fused-ring (bicyclic) bond motifs is 3. The molecular formula is C24H21Cl2N5O2. The van der Waals surface area contributed by atoms with Crippen molar-refractivity contribution in [1.82, 2.24) is 19.9 Å². The number of amides is 1. The number of hydrogen-bond donors (Lipinski definition) is 1. The first-order valence-electron chi connectivity index (χ1n) is 10.4. The highest BCUT2D eigenvalue weighted by Gasteiger charge is 2.36. The Balaban J connectivity index is 1.57. The number of rotatable bonds is 3. The van der Waals surface area contributed by atoms with Crippen LogP contribution < -0.4 is 9.64 Å². The van der Waals surface area contributed by atoms with E-state index in [1.807, 2.05) is 37.2 Å². The smallest absolute Gasteiger partial charge is 0.410 e. The van der Waals surface area contributed by atoms with Crippen molar-refractivity contribution in [2.24, 2.45) is 0 Å². The van der Waals surface area contributed by atoms with Crippen LogP contribution in [0.3, 0.4) is 0 Å². The standard InChI is InChI=1S/C24H21Cl2N5O2/c1-30(2)23-27-12-14(13-28-23)22-21-18(19-11-16(26)5-8-20(19)29-21)9-10-31(22)24(32)33-17-6-3-15(25)4-7-17/h3-8,11-13,22,29H,9-10H2,1-2H3. The topological polar surface area (TPSA) is 74.4 Å². The number of carbonyl (C=O) groups excluding carboxylic acids is 1. The second-order valence-corrected chi connectivity index (χ2v) is 8.96. The molecule has 0 radical (unpaired) electrons. The molecule has 4 aromatic rings. The van der Waals surface area contributed by atoms with Gasteiger partial charge in [0.05, 0.1) is 0 Å². The summed E-state index contributed by atoms with van der Waals surface area (Å²) < 4.78 is 5.68. The van der Waals surface area contributed by atoms with Crippen molar-refractivity contribution in [2.45, 2.75) is 12.5 Å². The summed E-state index contributed by atoms with van der Waals surface area (Å²) in [6, 6.07) is 12.0. The molecule has 0 spiro atoms. The van der Waals surface area contributed by atoms with Gasteiger partial charge in [-0.15, -0.1) is 0 Å². The summed E-state index contributed by atoms with van der Waals surface area (Å²) in [5.41, 5.74) is 3.79. The van der Waals surface area contributed by atoms with E-state index in [2.05, 4.69) is 15.0 Å². The molecule has 168 valence electrons. The Morgan fingerprint density at radius 2 is 1.79 bits per heavy atom. The number of nitrogens with one attached hydrogen (secondary N) is 1. The van der Waals surface area contributed by atoms with Gasteiger partial charge in [-0.1, -0.05) is 23.2 Å². The molecule has 1 aliphatic rings. The van der Waals surface area contributed by atoms with Gasteiger partial charge >= 0.3 is 6.09 Å². The summed E-state index contributed by atoms with van der Waals surface area (Å²) >= 11 is 12.2.